The first kappa shape index (κ1) is 15.8. The number of rotatable bonds is 4. The van der Waals surface area contributed by atoms with Crippen molar-refractivity contribution in [1.29, 1.82) is 0 Å². The Morgan fingerprint density at radius 2 is 2.00 bits per heavy atom. The van der Waals surface area contributed by atoms with E-state index in [0.29, 0.717) is 23.6 Å². The zero-order valence-electron chi connectivity index (χ0n) is 12.2. The van der Waals surface area contributed by atoms with E-state index in [1.54, 1.807) is 17.0 Å². The smallest absolute Gasteiger partial charge is 0.261 e. The van der Waals surface area contributed by atoms with Gasteiger partial charge in [0.05, 0.1) is 0 Å². The summed E-state index contributed by atoms with van der Waals surface area (Å²) < 4.78 is 32.5. The van der Waals surface area contributed by atoms with Crippen LogP contribution >= 0.6 is 11.8 Å². The Balaban J connectivity index is 1.69. The van der Waals surface area contributed by atoms with Crippen LogP contribution in [0.25, 0.3) is 0 Å². The Morgan fingerprint density at radius 1 is 1.22 bits per heavy atom. The van der Waals surface area contributed by atoms with Crippen molar-refractivity contribution in [3.8, 4) is 5.75 Å². The molecule has 1 aliphatic heterocycles. The molecule has 2 aromatic carbocycles. The Labute approximate surface area is 137 Å². The number of ether oxygens (including phenoxy) is 1. The molecule has 0 unspecified atom stereocenters. The molecule has 3 rings (SSSR count). The highest BCUT2D eigenvalue weighted by Crippen LogP contribution is 2.39. The Kier molecular flexibility index (Phi) is 4.81. The van der Waals surface area contributed by atoms with E-state index >= 15 is 0 Å². The van der Waals surface area contributed by atoms with Crippen molar-refractivity contribution in [3.63, 3.8) is 0 Å². The molecule has 1 heterocycles. The van der Waals surface area contributed by atoms with Crippen molar-refractivity contribution in [2.24, 2.45) is 0 Å². The van der Waals surface area contributed by atoms with Crippen LogP contribution in [0.1, 0.15) is 10.9 Å². The van der Waals surface area contributed by atoms with Crippen LogP contribution in [0.5, 0.6) is 5.75 Å². The van der Waals surface area contributed by atoms with Crippen molar-refractivity contribution < 1.29 is 18.3 Å². The van der Waals surface area contributed by atoms with Crippen molar-refractivity contribution >= 4 is 17.7 Å². The minimum absolute atomic E-state index is 0.107. The molecular formula is C17H15F2NO2S. The number of para-hydroxylation sites is 1. The fourth-order valence-electron chi connectivity index (χ4n) is 2.43. The summed E-state index contributed by atoms with van der Waals surface area (Å²) in [5, 5.41) is -0.442. The molecule has 0 N–H and O–H groups in total. The molecule has 0 spiro atoms. The van der Waals surface area contributed by atoms with Crippen molar-refractivity contribution in [1.82, 2.24) is 4.90 Å². The first-order valence-corrected chi connectivity index (χ1v) is 8.24. The molecule has 0 aliphatic carbocycles. The summed E-state index contributed by atoms with van der Waals surface area (Å²) in [4.78, 5) is 13.9. The van der Waals surface area contributed by atoms with Gasteiger partial charge in [-0.15, -0.1) is 11.8 Å². The monoisotopic (exact) mass is 335 g/mol. The first-order valence-electron chi connectivity index (χ1n) is 7.19. The lowest BCUT2D eigenvalue weighted by atomic mass is 10.2. The van der Waals surface area contributed by atoms with Crippen molar-refractivity contribution in [3.05, 3.63) is 65.7 Å². The molecule has 0 radical (unpaired) electrons. The van der Waals surface area contributed by atoms with E-state index in [4.69, 9.17) is 4.74 Å². The lowest BCUT2D eigenvalue weighted by molar-refractivity contribution is -0.133. The standard InChI is InChI=1S/C17H15F2NO2S/c18-12-6-7-14(15(19)10-12)17-20(8-9-23-17)16(21)11-22-13-4-2-1-3-5-13/h1-7,10,17H,8-9,11H2/t17-/m0/s1. The minimum Gasteiger partial charge on any atom is -0.484 e. The second-order valence-corrected chi connectivity index (χ2v) is 6.27. The maximum absolute atomic E-state index is 14.0. The van der Waals surface area contributed by atoms with Crippen molar-refractivity contribution in [2.45, 2.75) is 5.37 Å². The summed E-state index contributed by atoms with van der Waals surface area (Å²) in [5.74, 6) is -0.158. The molecule has 23 heavy (non-hydrogen) atoms. The molecule has 1 atom stereocenters. The number of halogens is 2. The number of hydrogen-bond donors (Lipinski definition) is 0. The van der Waals surface area contributed by atoms with E-state index < -0.39 is 17.0 Å². The zero-order chi connectivity index (χ0) is 16.2. The van der Waals surface area contributed by atoms with Gasteiger partial charge in [-0.25, -0.2) is 8.78 Å². The molecule has 1 fully saturated rings. The molecule has 6 heteroatoms. The third-order valence-electron chi connectivity index (χ3n) is 3.55. The highest BCUT2D eigenvalue weighted by Gasteiger charge is 2.32. The van der Waals surface area contributed by atoms with E-state index in [2.05, 4.69) is 0 Å². The highest BCUT2D eigenvalue weighted by molar-refractivity contribution is 7.99. The van der Waals surface area contributed by atoms with Crippen LogP contribution in [0.3, 0.4) is 0 Å². The van der Waals surface area contributed by atoms with E-state index in [0.717, 1.165) is 6.07 Å². The predicted octanol–water partition coefficient (Wildman–Crippen LogP) is 3.62. The maximum Gasteiger partial charge on any atom is 0.261 e. The molecule has 1 saturated heterocycles. The number of hydrogen-bond acceptors (Lipinski definition) is 3. The largest absolute Gasteiger partial charge is 0.484 e. The van der Waals surface area contributed by atoms with Crippen LogP contribution in [0, 0.1) is 11.6 Å². The molecule has 120 valence electrons. The molecule has 0 bridgehead atoms. The lowest BCUT2D eigenvalue weighted by Crippen LogP contribution is -2.34. The van der Waals surface area contributed by atoms with E-state index in [1.807, 2.05) is 18.2 Å². The van der Waals surface area contributed by atoms with E-state index in [-0.39, 0.29) is 12.5 Å². The number of nitrogens with zero attached hydrogens (tertiary/aromatic N) is 1. The second-order valence-electron chi connectivity index (χ2n) is 5.08. The molecule has 1 aliphatic rings. The fraction of sp³-hybridized carbons (Fsp3) is 0.235. The molecule has 3 nitrogen and oxygen atoms in total. The fourth-order valence-corrected chi connectivity index (χ4v) is 3.73. The van der Waals surface area contributed by atoms with E-state index in [9.17, 15) is 13.6 Å². The molecule has 0 aromatic heterocycles. The topological polar surface area (TPSA) is 29.5 Å². The van der Waals surface area contributed by atoms with Crippen LogP contribution in [-0.4, -0.2) is 29.7 Å². The number of carbonyl (C=O) groups excluding carboxylic acids is 1. The third-order valence-corrected chi connectivity index (χ3v) is 4.79. The summed E-state index contributed by atoms with van der Waals surface area (Å²) in [5.41, 5.74) is 0.321. The summed E-state index contributed by atoms with van der Waals surface area (Å²) in [7, 11) is 0. The molecule has 2 aromatic rings. The van der Waals surface area contributed by atoms with Gasteiger partial charge in [0.1, 0.15) is 22.8 Å². The average molecular weight is 335 g/mol. The number of amides is 1. The van der Waals surface area contributed by atoms with Crippen LogP contribution in [0.4, 0.5) is 8.78 Å². The quantitative estimate of drug-likeness (QED) is 0.855. The van der Waals surface area contributed by atoms with E-state index in [1.165, 1.54) is 23.9 Å². The lowest BCUT2D eigenvalue weighted by Gasteiger charge is -2.24. The number of carbonyl (C=O) groups is 1. The molecule has 0 saturated carbocycles. The first-order chi connectivity index (χ1) is 11.1. The molecule has 1 amide bonds. The predicted molar refractivity (Wildman–Crippen MR) is 85.2 cm³/mol. The molecular weight excluding hydrogens is 320 g/mol. The normalized spacial score (nSPS) is 17.3. The minimum atomic E-state index is -0.633. The van der Waals surface area contributed by atoms with Gasteiger partial charge in [0.15, 0.2) is 6.61 Å². The number of benzene rings is 2. The Hall–Kier alpha value is -2.08. The van der Waals surface area contributed by atoms with Gasteiger partial charge in [0, 0.05) is 23.9 Å². The second kappa shape index (κ2) is 7.00. The van der Waals surface area contributed by atoms with Crippen LogP contribution in [0.15, 0.2) is 48.5 Å². The van der Waals surface area contributed by atoms with Crippen molar-refractivity contribution in [2.75, 3.05) is 18.9 Å². The third kappa shape index (κ3) is 3.64. The average Bonchev–Trinajstić information content (AvgIpc) is 3.03. The van der Waals surface area contributed by atoms with Crippen LogP contribution < -0.4 is 4.74 Å². The van der Waals surface area contributed by atoms with Gasteiger partial charge in [-0.3, -0.25) is 4.79 Å². The van der Waals surface area contributed by atoms with Gasteiger partial charge in [-0.1, -0.05) is 24.3 Å². The highest BCUT2D eigenvalue weighted by atomic mass is 32.2. The zero-order valence-corrected chi connectivity index (χ0v) is 13.1. The number of thioether (sulfide) groups is 1. The maximum atomic E-state index is 14.0. The van der Waals surface area contributed by atoms with Gasteiger partial charge >= 0.3 is 0 Å². The summed E-state index contributed by atoms with van der Waals surface area (Å²) in [6.45, 7) is 0.410. The Bertz CT molecular complexity index is 696. The SMILES string of the molecule is O=C(COc1ccccc1)N1CCS[C@H]1c1ccc(F)cc1F. The van der Waals surface area contributed by atoms with Gasteiger partial charge in [-0.2, -0.15) is 0 Å². The summed E-state index contributed by atoms with van der Waals surface area (Å²) in [6, 6.07) is 12.5. The van der Waals surface area contributed by atoms with Gasteiger partial charge in [-0.05, 0) is 18.2 Å². The van der Waals surface area contributed by atoms with Gasteiger partial charge in [0.2, 0.25) is 0 Å². The Morgan fingerprint density at radius 3 is 2.74 bits per heavy atom. The summed E-state index contributed by atoms with van der Waals surface area (Å²) in [6.07, 6.45) is 0. The van der Waals surface area contributed by atoms with Crippen LogP contribution in [-0.2, 0) is 4.79 Å². The summed E-state index contributed by atoms with van der Waals surface area (Å²) >= 11 is 1.46. The van der Waals surface area contributed by atoms with Crippen LogP contribution in [0.2, 0.25) is 0 Å². The van der Waals surface area contributed by atoms with Gasteiger partial charge < -0.3 is 9.64 Å². The van der Waals surface area contributed by atoms with Gasteiger partial charge in [0.25, 0.3) is 5.91 Å².